The Morgan fingerprint density at radius 2 is 1.00 bits per heavy atom. The highest BCUT2D eigenvalue weighted by Gasteiger charge is 2.42. The third kappa shape index (κ3) is 1.38. The molecule has 0 saturated carbocycles. The van der Waals surface area contributed by atoms with Crippen molar-refractivity contribution in [3.8, 4) is 0 Å². The Kier molecular flexibility index (Phi) is 2.79. The van der Waals surface area contributed by atoms with Gasteiger partial charge in [-0.3, -0.25) is 9.80 Å². The molecule has 0 radical (unpaired) electrons. The van der Waals surface area contributed by atoms with E-state index in [1.54, 1.807) is 0 Å². The van der Waals surface area contributed by atoms with Gasteiger partial charge in [0, 0.05) is 12.1 Å². The monoisotopic (exact) mass is 170 g/mol. The molecule has 72 valence electrons. The highest BCUT2D eigenvalue weighted by Crippen LogP contribution is 2.30. The van der Waals surface area contributed by atoms with Crippen LogP contribution in [0.15, 0.2) is 0 Å². The van der Waals surface area contributed by atoms with Crippen molar-refractivity contribution in [2.24, 2.45) is 0 Å². The average Bonchev–Trinajstić information content (AvgIpc) is 1.84. The summed E-state index contributed by atoms with van der Waals surface area (Å²) in [6, 6.07) is 1.34. The first-order valence-corrected chi connectivity index (χ1v) is 5.01. The van der Waals surface area contributed by atoms with Gasteiger partial charge < -0.3 is 0 Å². The average molecular weight is 170 g/mol. The van der Waals surface area contributed by atoms with E-state index >= 15 is 0 Å². The van der Waals surface area contributed by atoms with Gasteiger partial charge in [-0.05, 0) is 41.5 Å². The molecular formula is C10H22N2. The zero-order valence-electron chi connectivity index (χ0n) is 9.20. The van der Waals surface area contributed by atoms with Crippen LogP contribution in [0.4, 0.5) is 0 Å². The Balaban J connectivity index is 2.56. The molecule has 0 N–H and O–H groups in total. The Morgan fingerprint density at radius 1 is 0.750 bits per heavy atom. The first-order valence-electron chi connectivity index (χ1n) is 5.01. The molecule has 0 amide bonds. The zero-order valence-corrected chi connectivity index (χ0v) is 9.20. The minimum atomic E-state index is 0.625. The second kappa shape index (κ2) is 3.35. The van der Waals surface area contributed by atoms with E-state index in [0.29, 0.717) is 24.4 Å². The molecule has 1 aliphatic heterocycles. The van der Waals surface area contributed by atoms with E-state index < -0.39 is 0 Å². The molecule has 1 saturated heterocycles. The minimum absolute atomic E-state index is 0.625. The van der Waals surface area contributed by atoms with E-state index in [0.717, 1.165) is 0 Å². The van der Waals surface area contributed by atoms with Gasteiger partial charge in [-0.25, -0.2) is 0 Å². The molecule has 1 rings (SSSR count). The van der Waals surface area contributed by atoms with Crippen LogP contribution in [0.5, 0.6) is 0 Å². The maximum Gasteiger partial charge on any atom is 0.0625 e. The summed E-state index contributed by atoms with van der Waals surface area (Å²) >= 11 is 0. The third-order valence-corrected chi connectivity index (χ3v) is 2.92. The molecular weight excluding hydrogens is 148 g/mol. The van der Waals surface area contributed by atoms with Crippen LogP contribution >= 0.6 is 0 Å². The SMILES string of the molecule is CC(C)N1C(C)N(C(C)C)C1C. The van der Waals surface area contributed by atoms with Gasteiger partial charge in [0.15, 0.2) is 0 Å². The molecule has 0 aromatic heterocycles. The highest BCUT2D eigenvalue weighted by atomic mass is 15.6. The first kappa shape index (κ1) is 10.0. The summed E-state index contributed by atoms with van der Waals surface area (Å²) in [6.07, 6.45) is 1.25. The number of hydrogen-bond acceptors (Lipinski definition) is 2. The summed E-state index contributed by atoms with van der Waals surface area (Å²) < 4.78 is 0. The lowest BCUT2D eigenvalue weighted by Gasteiger charge is -2.59. The van der Waals surface area contributed by atoms with Gasteiger partial charge in [0.25, 0.3) is 0 Å². The smallest absolute Gasteiger partial charge is 0.0625 e. The molecule has 0 unspecified atom stereocenters. The van der Waals surface area contributed by atoms with Crippen LogP contribution in [0.1, 0.15) is 41.5 Å². The second-order valence-corrected chi connectivity index (χ2v) is 4.35. The lowest BCUT2D eigenvalue weighted by atomic mass is 10.1. The highest BCUT2D eigenvalue weighted by molar-refractivity contribution is 4.90. The summed E-state index contributed by atoms with van der Waals surface area (Å²) in [7, 11) is 0. The Morgan fingerprint density at radius 3 is 1.17 bits per heavy atom. The number of nitrogens with zero attached hydrogens (tertiary/aromatic N) is 2. The van der Waals surface area contributed by atoms with Crippen LogP contribution in [-0.2, 0) is 0 Å². The molecule has 12 heavy (non-hydrogen) atoms. The minimum Gasteiger partial charge on any atom is -0.270 e. The van der Waals surface area contributed by atoms with Crippen LogP contribution < -0.4 is 0 Å². The number of hydrogen-bond donors (Lipinski definition) is 0. The maximum atomic E-state index is 2.54. The summed E-state index contributed by atoms with van der Waals surface area (Å²) in [5, 5.41) is 0. The predicted molar refractivity (Wildman–Crippen MR) is 52.9 cm³/mol. The predicted octanol–water partition coefficient (Wildman–Crippen LogP) is 2.11. The van der Waals surface area contributed by atoms with Gasteiger partial charge in [-0.2, -0.15) is 0 Å². The summed E-state index contributed by atoms with van der Waals surface area (Å²) in [4.78, 5) is 5.08. The second-order valence-electron chi connectivity index (χ2n) is 4.35. The Hall–Kier alpha value is -0.0800. The van der Waals surface area contributed by atoms with Crippen LogP contribution in [0.3, 0.4) is 0 Å². The van der Waals surface area contributed by atoms with Crippen molar-refractivity contribution in [2.45, 2.75) is 66.0 Å². The molecule has 0 atom stereocenters. The van der Waals surface area contributed by atoms with E-state index in [9.17, 15) is 0 Å². The lowest BCUT2D eigenvalue weighted by Crippen LogP contribution is -2.72. The van der Waals surface area contributed by atoms with Crippen molar-refractivity contribution in [2.75, 3.05) is 0 Å². The fourth-order valence-electron chi connectivity index (χ4n) is 2.59. The normalized spacial score (nSPS) is 33.0. The quantitative estimate of drug-likeness (QED) is 0.626. The molecule has 1 heterocycles. The van der Waals surface area contributed by atoms with Gasteiger partial charge in [0.2, 0.25) is 0 Å². The van der Waals surface area contributed by atoms with Gasteiger partial charge in [0.05, 0.1) is 12.3 Å². The molecule has 2 heteroatoms. The molecule has 0 bridgehead atoms. The Labute approximate surface area is 76.5 Å². The fourth-order valence-corrected chi connectivity index (χ4v) is 2.59. The molecule has 0 spiro atoms. The van der Waals surface area contributed by atoms with Crippen LogP contribution in [0.25, 0.3) is 0 Å². The van der Waals surface area contributed by atoms with E-state index in [1.165, 1.54) is 0 Å². The maximum absolute atomic E-state index is 2.54. The van der Waals surface area contributed by atoms with Gasteiger partial charge in [-0.15, -0.1) is 0 Å². The Bertz CT molecular complexity index is 128. The van der Waals surface area contributed by atoms with Gasteiger partial charge >= 0.3 is 0 Å². The van der Waals surface area contributed by atoms with Crippen molar-refractivity contribution >= 4 is 0 Å². The first-order chi connectivity index (χ1) is 5.46. The van der Waals surface area contributed by atoms with Crippen molar-refractivity contribution in [1.29, 1.82) is 0 Å². The summed E-state index contributed by atoms with van der Waals surface area (Å²) in [5.74, 6) is 0. The standard InChI is InChI=1S/C10H22N2/c1-7(2)11-9(5)12(8(3)4)10(11)6/h7-10H,1-6H3. The van der Waals surface area contributed by atoms with Gasteiger partial charge in [-0.1, -0.05) is 0 Å². The van der Waals surface area contributed by atoms with E-state index in [2.05, 4.69) is 51.3 Å². The van der Waals surface area contributed by atoms with E-state index in [4.69, 9.17) is 0 Å². The molecule has 0 aromatic carbocycles. The van der Waals surface area contributed by atoms with Crippen molar-refractivity contribution in [3.63, 3.8) is 0 Å². The summed E-state index contributed by atoms with van der Waals surface area (Å²) in [5.41, 5.74) is 0. The topological polar surface area (TPSA) is 6.48 Å². The zero-order chi connectivity index (χ0) is 9.46. The summed E-state index contributed by atoms with van der Waals surface area (Å²) in [6.45, 7) is 13.7. The largest absolute Gasteiger partial charge is 0.270 e. The van der Waals surface area contributed by atoms with Crippen LogP contribution in [0, 0.1) is 0 Å². The molecule has 0 aromatic rings. The molecule has 1 aliphatic rings. The van der Waals surface area contributed by atoms with E-state index in [-0.39, 0.29) is 0 Å². The fraction of sp³-hybridized carbons (Fsp3) is 1.00. The third-order valence-electron chi connectivity index (χ3n) is 2.92. The van der Waals surface area contributed by atoms with Crippen LogP contribution in [-0.4, -0.2) is 34.2 Å². The molecule has 0 aliphatic carbocycles. The molecule has 1 fully saturated rings. The van der Waals surface area contributed by atoms with E-state index in [1.807, 2.05) is 0 Å². The van der Waals surface area contributed by atoms with Crippen molar-refractivity contribution in [1.82, 2.24) is 9.80 Å². The van der Waals surface area contributed by atoms with Crippen molar-refractivity contribution in [3.05, 3.63) is 0 Å². The lowest BCUT2D eigenvalue weighted by molar-refractivity contribution is -0.188. The van der Waals surface area contributed by atoms with Gasteiger partial charge in [0.1, 0.15) is 0 Å². The van der Waals surface area contributed by atoms with Crippen LogP contribution in [0.2, 0.25) is 0 Å². The van der Waals surface area contributed by atoms with Crippen molar-refractivity contribution < 1.29 is 0 Å². The molecule has 2 nitrogen and oxygen atoms in total. The number of rotatable bonds is 2.